The molecule has 1 aromatic heterocycles. The standard InChI is InChI=1S/C23H25N5O/c1-26-14-15-28-21(16-26)24-25-22(28)20-12-7-13-27(20)23(29)19-11-6-5-10-18(19)17-8-3-2-4-9-17/h2-6,8-11,20H,7,12-16H2,1H3/t20-/m1/s1. The monoisotopic (exact) mass is 387 g/mol. The summed E-state index contributed by atoms with van der Waals surface area (Å²) in [6.45, 7) is 3.43. The van der Waals surface area contributed by atoms with Crippen LogP contribution in [0.5, 0.6) is 0 Å². The van der Waals surface area contributed by atoms with Gasteiger partial charge in [-0.25, -0.2) is 0 Å². The molecule has 6 heteroatoms. The van der Waals surface area contributed by atoms with Gasteiger partial charge in [0, 0.05) is 25.2 Å². The molecule has 0 aliphatic carbocycles. The third kappa shape index (κ3) is 3.23. The van der Waals surface area contributed by atoms with Gasteiger partial charge in [-0.15, -0.1) is 10.2 Å². The number of aromatic nitrogens is 3. The fourth-order valence-corrected chi connectivity index (χ4v) is 4.52. The second kappa shape index (κ2) is 7.44. The highest BCUT2D eigenvalue weighted by Gasteiger charge is 2.36. The Bertz CT molecular complexity index is 1030. The van der Waals surface area contributed by atoms with Crippen molar-refractivity contribution in [3.8, 4) is 11.1 Å². The molecule has 1 fully saturated rings. The molecule has 3 heterocycles. The fourth-order valence-electron chi connectivity index (χ4n) is 4.52. The Labute approximate surface area is 170 Å². The quantitative estimate of drug-likeness (QED) is 0.691. The molecule has 1 atom stereocenters. The van der Waals surface area contributed by atoms with Gasteiger partial charge in [0.15, 0.2) is 5.82 Å². The van der Waals surface area contributed by atoms with Crippen LogP contribution in [0, 0.1) is 0 Å². The van der Waals surface area contributed by atoms with Crippen LogP contribution >= 0.6 is 0 Å². The van der Waals surface area contributed by atoms with Gasteiger partial charge in [-0.3, -0.25) is 9.69 Å². The summed E-state index contributed by atoms with van der Waals surface area (Å²) in [5.74, 6) is 2.02. The number of hydrogen-bond acceptors (Lipinski definition) is 4. The molecule has 29 heavy (non-hydrogen) atoms. The number of amides is 1. The van der Waals surface area contributed by atoms with Crippen molar-refractivity contribution in [3.63, 3.8) is 0 Å². The highest BCUT2D eigenvalue weighted by Crippen LogP contribution is 2.35. The minimum absolute atomic E-state index is 0.00372. The summed E-state index contributed by atoms with van der Waals surface area (Å²) in [6.07, 6.45) is 1.93. The van der Waals surface area contributed by atoms with Crippen molar-refractivity contribution in [1.29, 1.82) is 0 Å². The zero-order valence-electron chi connectivity index (χ0n) is 16.7. The number of hydrogen-bond donors (Lipinski definition) is 0. The van der Waals surface area contributed by atoms with E-state index in [9.17, 15) is 4.79 Å². The van der Waals surface area contributed by atoms with Crippen LogP contribution in [-0.2, 0) is 13.1 Å². The van der Waals surface area contributed by atoms with Gasteiger partial charge in [-0.05, 0) is 37.1 Å². The Hall–Kier alpha value is -2.99. The minimum Gasteiger partial charge on any atom is -0.328 e. The zero-order chi connectivity index (χ0) is 19.8. The first-order valence-electron chi connectivity index (χ1n) is 10.3. The Morgan fingerprint density at radius 3 is 2.62 bits per heavy atom. The molecule has 5 rings (SSSR count). The molecular formula is C23H25N5O. The largest absolute Gasteiger partial charge is 0.328 e. The van der Waals surface area contributed by atoms with E-state index in [1.54, 1.807) is 0 Å². The van der Waals surface area contributed by atoms with Gasteiger partial charge in [0.1, 0.15) is 5.82 Å². The van der Waals surface area contributed by atoms with E-state index in [2.05, 4.69) is 38.8 Å². The molecule has 0 bridgehead atoms. The molecule has 0 spiro atoms. The van der Waals surface area contributed by atoms with Crippen LogP contribution in [0.2, 0.25) is 0 Å². The van der Waals surface area contributed by atoms with Crippen molar-refractivity contribution >= 4 is 5.91 Å². The summed E-state index contributed by atoms with van der Waals surface area (Å²) in [6, 6.07) is 18.0. The number of likely N-dealkylation sites (N-methyl/N-ethyl adjacent to an activating group) is 1. The van der Waals surface area contributed by atoms with Gasteiger partial charge in [-0.2, -0.15) is 0 Å². The van der Waals surface area contributed by atoms with Gasteiger partial charge in [0.05, 0.1) is 12.6 Å². The van der Waals surface area contributed by atoms with Crippen LogP contribution in [0.25, 0.3) is 11.1 Å². The zero-order valence-corrected chi connectivity index (χ0v) is 16.7. The molecule has 0 N–H and O–H groups in total. The van der Waals surface area contributed by atoms with Crippen molar-refractivity contribution in [2.75, 3.05) is 20.1 Å². The number of carbonyl (C=O) groups excluding carboxylic acids is 1. The third-order valence-corrected chi connectivity index (χ3v) is 6.03. The predicted molar refractivity (Wildman–Crippen MR) is 111 cm³/mol. The summed E-state index contributed by atoms with van der Waals surface area (Å²) in [4.78, 5) is 17.9. The van der Waals surface area contributed by atoms with Gasteiger partial charge >= 0.3 is 0 Å². The fraction of sp³-hybridized carbons (Fsp3) is 0.348. The molecule has 2 aliphatic heterocycles. The molecule has 2 aromatic carbocycles. The second-order valence-corrected chi connectivity index (χ2v) is 7.93. The maximum atomic E-state index is 13.6. The van der Waals surface area contributed by atoms with Crippen molar-refractivity contribution < 1.29 is 4.79 Å². The highest BCUT2D eigenvalue weighted by molar-refractivity contribution is 6.01. The number of nitrogens with zero attached hydrogens (tertiary/aromatic N) is 5. The maximum absolute atomic E-state index is 13.6. The van der Waals surface area contributed by atoms with E-state index < -0.39 is 0 Å². The lowest BCUT2D eigenvalue weighted by Crippen LogP contribution is -2.35. The Morgan fingerprint density at radius 1 is 0.966 bits per heavy atom. The molecule has 3 aromatic rings. The SMILES string of the molecule is CN1CCn2c(nnc2[C@H]2CCCN2C(=O)c2ccccc2-c2ccccc2)C1. The average Bonchev–Trinajstić information content (AvgIpc) is 3.40. The topological polar surface area (TPSA) is 54.3 Å². The van der Waals surface area contributed by atoms with E-state index in [4.69, 9.17) is 0 Å². The minimum atomic E-state index is -0.00372. The average molecular weight is 387 g/mol. The summed E-state index contributed by atoms with van der Waals surface area (Å²) < 4.78 is 2.22. The van der Waals surface area contributed by atoms with Gasteiger partial charge in [-0.1, -0.05) is 48.5 Å². The van der Waals surface area contributed by atoms with E-state index in [1.807, 2.05) is 47.4 Å². The van der Waals surface area contributed by atoms with Crippen LogP contribution in [0.1, 0.15) is 40.9 Å². The first-order valence-corrected chi connectivity index (χ1v) is 10.3. The number of benzene rings is 2. The van der Waals surface area contributed by atoms with Crippen LogP contribution in [0.15, 0.2) is 54.6 Å². The van der Waals surface area contributed by atoms with E-state index in [0.29, 0.717) is 0 Å². The normalized spacial score (nSPS) is 19.3. The summed E-state index contributed by atoms with van der Waals surface area (Å²) in [5.41, 5.74) is 2.80. The van der Waals surface area contributed by atoms with Gasteiger partial charge in [0.25, 0.3) is 5.91 Å². The molecule has 1 saturated heterocycles. The number of fused-ring (bicyclic) bond motifs is 1. The van der Waals surface area contributed by atoms with Gasteiger partial charge < -0.3 is 9.47 Å². The van der Waals surface area contributed by atoms with Crippen molar-refractivity contribution in [2.24, 2.45) is 0 Å². The van der Waals surface area contributed by atoms with E-state index in [-0.39, 0.29) is 11.9 Å². The molecule has 1 amide bonds. The maximum Gasteiger partial charge on any atom is 0.255 e. The summed E-state index contributed by atoms with van der Waals surface area (Å²) >= 11 is 0. The number of rotatable bonds is 3. The molecule has 0 radical (unpaired) electrons. The summed E-state index contributed by atoms with van der Waals surface area (Å²) in [5, 5.41) is 8.93. The van der Waals surface area contributed by atoms with Crippen LogP contribution in [0.4, 0.5) is 0 Å². The Balaban J connectivity index is 1.48. The van der Waals surface area contributed by atoms with Crippen molar-refractivity contribution in [1.82, 2.24) is 24.6 Å². The van der Waals surface area contributed by atoms with E-state index >= 15 is 0 Å². The lowest BCUT2D eigenvalue weighted by molar-refractivity contribution is 0.0726. The highest BCUT2D eigenvalue weighted by atomic mass is 16.2. The molecule has 0 unspecified atom stereocenters. The van der Waals surface area contributed by atoms with E-state index in [1.165, 1.54) is 0 Å². The van der Waals surface area contributed by atoms with Crippen LogP contribution in [0.3, 0.4) is 0 Å². The van der Waals surface area contributed by atoms with Crippen molar-refractivity contribution in [2.45, 2.75) is 32.0 Å². The van der Waals surface area contributed by atoms with Crippen LogP contribution in [-0.4, -0.2) is 50.6 Å². The third-order valence-electron chi connectivity index (χ3n) is 6.03. The van der Waals surface area contributed by atoms with Crippen LogP contribution < -0.4 is 0 Å². The van der Waals surface area contributed by atoms with Crippen molar-refractivity contribution in [3.05, 3.63) is 71.8 Å². The van der Waals surface area contributed by atoms with Gasteiger partial charge in [0.2, 0.25) is 0 Å². The first kappa shape index (κ1) is 18.1. The van der Waals surface area contributed by atoms with E-state index in [0.717, 1.165) is 67.4 Å². The smallest absolute Gasteiger partial charge is 0.255 e. The first-order chi connectivity index (χ1) is 14.2. The Morgan fingerprint density at radius 2 is 1.76 bits per heavy atom. The molecule has 6 nitrogen and oxygen atoms in total. The second-order valence-electron chi connectivity index (χ2n) is 7.93. The predicted octanol–water partition coefficient (Wildman–Crippen LogP) is 3.37. The summed E-state index contributed by atoms with van der Waals surface area (Å²) in [7, 11) is 2.10. The molecule has 0 saturated carbocycles. The lowest BCUT2D eigenvalue weighted by Gasteiger charge is -2.28. The Kier molecular flexibility index (Phi) is 4.64. The molecular weight excluding hydrogens is 362 g/mol. The molecule has 2 aliphatic rings. The molecule has 148 valence electrons. The lowest BCUT2D eigenvalue weighted by atomic mass is 9.98. The number of likely N-dealkylation sites (tertiary alicyclic amines) is 1. The number of carbonyl (C=O) groups is 1.